The molecule has 1 saturated heterocycles. The van der Waals surface area contributed by atoms with Crippen LogP contribution in [0.2, 0.25) is 0 Å². The Morgan fingerprint density at radius 2 is 2.07 bits per heavy atom. The molecule has 27 heavy (non-hydrogen) atoms. The Morgan fingerprint density at radius 1 is 1.37 bits per heavy atom. The van der Waals surface area contributed by atoms with E-state index >= 15 is 0 Å². The number of fused-ring (bicyclic) bond motifs is 2. The van der Waals surface area contributed by atoms with Crippen molar-refractivity contribution in [2.75, 3.05) is 13.1 Å². The first-order chi connectivity index (χ1) is 12.6. The predicted molar refractivity (Wildman–Crippen MR) is 92.4 cm³/mol. The molecular weight excluding hydrogens is 422 g/mol. The number of pyridine rings is 1. The zero-order chi connectivity index (χ0) is 19.6. The molecule has 0 bridgehead atoms. The molecule has 142 valence electrons. The van der Waals surface area contributed by atoms with E-state index < -0.39 is 17.8 Å². The Kier molecular flexibility index (Phi) is 4.16. The van der Waals surface area contributed by atoms with Crippen LogP contribution in [0.4, 0.5) is 13.2 Å². The fourth-order valence-electron chi connectivity index (χ4n) is 3.86. The SMILES string of the molecule is C[C@@H](N)C(=O)N1CC2(CCn3nc(-c4cnc([As])c(C(F)(F)F)c4)cc32)C1. The molecule has 0 unspecified atom stereocenters. The van der Waals surface area contributed by atoms with Crippen molar-refractivity contribution in [1.29, 1.82) is 0 Å². The van der Waals surface area contributed by atoms with Gasteiger partial charge in [-0.2, -0.15) is 0 Å². The fourth-order valence-corrected chi connectivity index (χ4v) is 4.38. The normalized spacial score (nSPS) is 19.1. The molecule has 6 nitrogen and oxygen atoms in total. The van der Waals surface area contributed by atoms with Gasteiger partial charge in [0.2, 0.25) is 0 Å². The predicted octanol–water partition coefficient (Wildman–Crippen LogP) is 0.589. The summed E-state index contributed by atoms with van der Waals surface area (Å²) in [5, 5.41) is 4.47. The van der Waals surface area contributed by atoms with E-state index in [1.807, 2.05) is 27.6 Å². The summed E-state index contributed by atoms with van der Waals surface area (Å²) in [5.41, 5.74) is 6.45. The van der Waals surface area contributed by atoms with Crippen LogP contribution < -0.4 is 10.2 Å². The van der Waals surface area contributed by atoms with Crippen LogP contribution in [0.5, 0.6) is 0 Å². The number of hydrogen-bond acceptors (Lipinski definition) is 4. The molecule has 0 saturated carbocycles. The zero-order valence-corrected chi connectivity index (χ0v) is 16.4. The third kappa shape index (κ3) is 2.97. The zero-order valence-electron chi connectivity index (χ0n) is 14.5. The quantitative estimate of drug-likeness (QED) is 0.696. The number of rotatable bonds is 2. The summed E-state index contributed by atoms with van der Waals surface area (Å²) < 4.78 is 41.2. The number of carbonyl (C=O) groups excluding carboxylic acids is 1. The fraction of sp³-hybridized carbons (Fsp3) is 0.471. The average Bonchev–Trinajstić information content (AvgIpc) is 3.11. The van der Waals surface area contributed by atoms with E-state index in [1.165, 1.54) is 6.20 Å². The van der Waals surface area contributed by atoms with Crippen molar-refractivity contribution in [2.24, 2.45) is 5.73 Å². The number of aryl methyl sites for hydroxylation is 1. The van der Waals surface area contributed by atoms with Crippen LogP contribution in [0.3, 0.4) is 0 Å². The van der Waals surface area contributed by atoms with Crippen LogP contribution >= 0.6 is 0 Å². The molecule has 2 aromatic heterocycles. The first-order valence-corrected chi connectivity index (χ1v) is 9.44. The summed E-state index contributed by atoms with van der Waals surface area (Å²) in [5.74, 6) is -0.0884. The summed E-state index contributed by atoms with van der Waals surface area (Å²) in [4.78, 5) is 17.6. The van der Waals surface area contributed by atoms with Gasteiger partial charge < -0.3 is 5.73 Å². The second-order valence-electron chi connectivity index (χ2n) is 7.24. The third-order valence-corrected chi connectivity index (χ3v) is 6.03. The molecule has 1 spiro atoms. The molecule has 2 radical (unpaired) electrons. The third-order valence-electron chi connectivity index (χ3n) is 5.28. The van der Waals surface area contributed by atoms with Gasteiger partial charge in [-0.25, -0.2) is 0 Å². The number of nitrogens with two attached hydrogens (primary N) is 1. The van der Waals surface area contributed by atoms with Crippen molar-refractivity contribution in [3.05, 3.63) is 29.6 Å². The van der Waals surface area contributed by atoms with Crippen molar-refractivity contribution in [3.63, 3.8) is 0 Å². The summed E-state index contributed by atoms with van der Waals surface area (Å²) in [6.45, 7) is 3.47. The molecular formula is C17H17AsF3N5O. The molecule has 4 heterocycles. The molecule has 1 amide bonds. The van der Waals surface area contributed by atoms with E-state index in [2.05, 4.69) is 10.1 Å². The summed E-state index contributed by atoms with van der Waals surface area (Å²) in [6.07, 6.45) is -2.21. The standard InChI is InChI=1S/C17H17AsF3N5O/c1-9(22)15(27)25-7-16(8-25)2-3-26-13(16)5-12(24-26)10-4-11(17(19,20)21)14(18)23-6-10/h4-6,9H,2-3,7-8,22H2,1H3/t9-/m1/s1. The molecule has 0 aromatic carbocycles. The van der Waals surface area contributed by atoms with Crippen molar-refractivity contribution in [1.82, 2.24) is 19.7 Å². The summed E-state index contributed by atoms with van der Waals surface area (Å²) in [6, 6.07) is 2.36. The van der Waals surface area contributed by atoms with E-state index in [0.717, 1.165) is 18.2 Å². The molecule has 4 rings (SSSR count). The van der Waals surface area contributed by atoms with Crippen LogP contribution in [0.25, 0.3) is 11.3 Å². The molecule has 2 aromatic rings. The first-order valence-electron chi connectivity index (χ1n) is 8.50. The van der Waals surface area contributed by atoms with Gasteiger partial charge in [-0.1, -0.05) is 0 Å². The van der Waals surface area contributed by atoms with Gasteiger partial charge in [-0.3, -0.25) is 0 Å². The Morgan fingerprint density at radius 3 is 2.70 bits per heavy atom. The van der Waals surface area contributed by atoms with Gasteiger partial charge in [-0.15, -0.1) is 0 Å². The van der Waals surface area contributed by atoms with E-state index in [1.54, 1.807) is 11.8 Å². The molecule has 2 aliphatic heterocycles. The van der Waals surface area contributed by atoms with Gasteiger partial charge in [0, 0.05) is 0 Å². The van der Waals surface area contributed by atoms with Crippen LogP contribution in [0.1, 0.15) is 24.6 Å². The molecule has 1 atom stereocenters. The number of alkyl halides is 3. The van der Waals surface area contributed by atoms with E-state index in [9.17, 15) is 18.0 Å². The number of hydrogen-bond donors (Lipinski definition) is 1. The van der Waals surface area contributed by atoms with Gasteiger partial charge in [-0.05, 0) is 6.92 Å². The minimum absolute atomic E-state index is 0.0884. The summed E-state index contributed by atoms with van der Waals surface area (Å²) in [7, 11) is 0. The molecule has 0 aliphatic carbocycles. The summed E-state index contributed by atoms with van der Waals surface area (Å²) >= 11 is 1.84. The number of likely N-dealkylation sites (tertiary alicyclic amines) is 1. The Balaban J connectivity index is 1.63. The van der Waals surface area contributed by atoms with E-state index in [0.29, 0.717) is 30.9 Å². The topological polar surface area (TPSA) is 77.0 Å². The van der Waals surface area contributed by atoms with Crippen LogP contribution in [0, 0.1) is 0 Å². The maximum atomic E-state index is 13.2. The van der Waals surface area contributed by atoms with Gasteiger partial charge >= 0.3 is 149 Å². The Bertz CT molecular complexity index is 918. The number of nitrogens with zero attached hydrogens (tertiary/aromatic N) is 4. The number of carbonyl (C=O) groups is 1. The number of halogens is 3. The first kappa shape index (κ1) is 18.5. The minimum atomic E-state index is -4.47. The number of aromatic nitrogens is 3. The molecule has 10 heteroatoms. The van der Waals surface area contributed by atoms with Gasteiger partial charge in [0.15, 0.2) is 0 Å². The number of amides is 1. The van der Waals surface area contributed by atoms with Crippen molar-refractivity contribution >= 4 is 27.2 Å². The maximum absolute atomic E-state index is 13.2. The monoisotopic (exact) mass is 439 g/mol. The average molecular weight is 439 g/mol. The van der Waals surface area contributed by atoms with Crippen molar-refractivity contribution < 1.29 is 18.0 Å². The van der Waals surface area contributed by atoms with Crippen LogP contribution in [-0.4, -0.2) is 61.6 Å². The second kappa shape index (κ2) is 6.07. The molecule has 1 fully saturated rings. The Labute approximate surface area is 162 Å². The van der Waals surface area contributed by atoms with Gasteiger partial charge in [0.1, 0.15) is 0 Å². The van der Waals surface area contributed by atoms with Gasteiger partial charge in [0.25, 0.3) is 0 Å². The van der Waals surface area contributed by atoms with Crippen molar-refractivity contribution in [3.8, 4) is 11.3 Å². The van der Waals surface area contributed by atoms with E-state index in [4.69, 9.17) is 5.73 Å². The van der Waals surface area contributed by atoms with Crippen LogP contribution in [-0.2, 0) is 22.9 Å². The molecule has 2 N–H and O–H groups in total. The van der Waals surface area contributed by atoms with E-state index in [-0.39, 0.29) is 15.8 Å². The van der Waals surface area contributed by atoms with Gasteiger partial charge in [0.05, 0.1) is 0 Å². The second-order valence-corrected chi connectivity index (χ2v) is 8.13. The van der Waals surface area contributed by atoms with Crippen LogP contribution in [0.15, 0.2) is 18.3 Å². The molecule has 2 aliphatic rings. The van der Waals surface area contributed by atoms with Crippen molar-refractivity contribution in [2.45, 2.75) is 37.5 Å². The Hall–Kier alpha value is -1.86.